The molecule has 0 radical (unpaired) electrons. The molecule has 0 atom stereocenters. The van der Waals surface area contributed by atoms with Crippen LogP contribution in [0.1, 0.15) is 88.7 Å². The Morgan fingerprint density at radius 1 is 0.436 bits per heavy atom. The van der Waals surface area contributed by atoms with Gasteiger partial charge in [0.1, 0.15) is 23.0 Å². The highest BCUT2D eigenvalue weighted by Crippen LogP contribution is 2.58. The Hall–Kier alpha value is -7.20. The normalized spacial score (nSPS) is 12.3. The molecule has 0 bridgehead atoms. The number of fused-ring (bicyclic) bond motifs is 3. The highest BCUT2D eigenvalue weighted by molar-refractivity contribution is 6.02. The van der Waals surface area contributed by atoms with Crippen molar-refractivity contribution < 1.29 is 49.1 Å². The molecule has 274 valence electrons. The van der Waals surface area contributed by atoms with Crippen molar-refractivity contribution in [3.8, 4) is 34.1 Å². The molecule has 10 heteroatoms. The predicted molar refractivity (Wildman–Crippen MR) is 203 cm³/mol. The minimum atomic E-state index is -1.38. The zero-order valence-electron chi connectivity index (χ0n) is 29.7. The summed E-state index contributed by atoms with van der Waals surface area (Å²) in [6, 6.07) is 35.8. The van der Waals surface area contributed by atoms with Gasteiger partial charge in [0, 0.05) is 0 Å². The summed E-state index contributed by atoms with van der Waals surface area (Å²) in [5.41, 5.74) is 6.02. The monoisotopic (exact) mass is 734 g/mol. The third-order valence-corrected chi connectivity index (χ3v) is 10.1. The fourth-order valence-corrected chi connectivity index (χ4v) is 7.72. The van der Waals surface area contributed by atoms with Crippen molar-refractivity contribution in [1.29, 1.82) is 0 Å². The van der Waals surface area contributed by atoms with E-state index in [1.54, 1.807) is 0 Å². The number of hydrogen-bond acceptors (Lipinski definition) is 6. The SMILES string of the molecule is CCc1cc(Oc2ccc(C(=O)O)c(C(=O)O)c2)ccc1C1(c2ccc(Oc3ccc(C(=O)O)c(C(=O)O)c3)cc2CC)c2ccccc2-c2ccccc21. The van der Waals surface area contributed by atoms with E-state index in [1.807, 2.05) is 74.5 Å². The zero-order chi connectivity index (χ0) is 39.0. The van der Waals surface area contributed by atoms with Crippen molar-refractivity contribution in [2.24, 2.45) is 0 Å². The van der Waals surface area contributed by atoms with Gasteiger partial charge in [-0.05, 0) is 118 Å². The standard InChI is InChI=1S/C45H34O10/c1-3-25-21-27(54-29-13-17-33(41(46)47)35(23-29)43(50)51)15-19-37(25)45(39-11-7-5-9-31(39)32-10-6-8-12-40(32)45)38-20-16-28(22-26(38)4-2)55-30-14-18-34(42(48)49)36(24-30)44(52)53/h5-24H,3-4H2,1-2H3,(H,46,47)(H,48,49)(H,50,51)(H,52,53). The summed E-state index contributed by atoms with van der Waals surface area (Å²) in [6.45, 7) is 4.10. The quantitative estimate of drug-likeness (QED) is 0.0949. The van der Waals surface area contributed by atoms with Crippen LogP contribution in [0.4, 0.5) is 0 Å². The molecule has 0 aliphatic heterocycles. The lowest BCUT2D eigenvalue weighted by molar-refractivity contribution is 0.0651. The topological polar surface area (TPSA) is 168 Å². The van der Waals surface area contributed by atoms with E-state index in [2.05, 4.69) is 24.3 Å². The number of rotatable bonds is 12. The molecule has 7 rings (SSSR count). The summed E-state index contributed by atoms with van der Waals surface area (Å²) in [6.07, 6.45) is 1.22. The van der Waals surface area contributed by atoms with E-state index in [9.17, 15) is 39.6 Å². The van der Waals surface area contributed by atoms with Crippen LogP contribution < -0.4 is 9.47 Å². The van der Waals surface area contributed by atoms with Crippen LogP contribution in [-0.2, 0) is 18.3 Å². The summed E-state index contributed by atoms with van der Waals surface area (Å²) in [5.74, 6) is -4.20. The van der Waals surface area contributed by atoms with Gasteiger partial charge in [0.25, 0.3) is 0 Å². The van der Waals surface area contributed by atoms with E-state index in [1.165, 1.54) is 36.4 Å². The summed E-state index contributed by atoms with van der Waals surface area (Å²) in [7, 11) is 0. The lowest BCUT2D eigenvalue weighted by atomic mass is 9.64. The predicted octanol–water partition coefficient (Wildman–Crippen LogP) is 9.55. The number of carboxylic acid groups (broad SMARTS) is 4. The number of ether oxygens (including phenoxy) is 2. The first-order chi connectivity index (χ1) is 26.5. The first kappa shape index (κ1) is 36.2. The Kier molecular flexibility index (Phi) is 9.42. The van der Waals surface area contributed by atoms with Gasteiger partial charge >= 0.3 is 23.9 Å². The average Bonchev–Trinajstić information content (AvgIpc) is 3.48. The van der Waals surface area contributed by atoms with Gasteiger partial charge in [-0.15, -0.1) is 0 Å². The molecule has 6 aromatic carbocycles. The van der Waals surface area contributed by atoms with E-state index < -0.39 is 29.3 Å². The van der Waals surface area contributed by atoms with Crippen LogP contribution >= 0.6 is 0 Å². The number of aryl methyl sites for hydroxylation is 2. The van der Waals surface area contributed by atoms with Crippen molar-refractivity contribution in [2.75, 3.05) is 0 Å². The van der Waals surface area contributed by atoms with Crippen LogP contribution in [0.2, 0.25) is 0 Å². The van der Waals surface area contributed by atoms with Crippen LogP contribution in [0.3, 0.4) is 0 Å². The third kappa shape index (κ3) is 6.23. The lowest BCUT2D eigenvalue weighted by Crippen LogP contribution is -2.31. The maximum Gasteiger partial charge on any atom is 0.336 e. The Morgan fingerprint density at radius 2 is 0.782 bits per heavy atom. The number of hydrogen-bond donors (Lipinski definition) is 4. The molecule has 0 spiro atoms. The van der Waals surface area contributed by atoms with E-state index >= 15 is 0 Å². The van der Waals surface area contributed by atoms with Crippen LogP contribution in [0, 0.1) is 0 Å². The smallest absolute Gasteiger partial charge is 0.336 e. The zero-order valence-corrected chi connectivity index (χ0v) is 29.7. The molecule has 55 heavy (non-hydrogen) atoms. The first-order valence-corrected chi connectivity index (χ1v) is 17.5. The van der Waals surface area contributed by atoms with Crippen molar-refractivity contribution in [3.05, 3.63) is 177 Å². The molecule has 0 amide bonds. The molecule has 6 aromatic rings. The lowest BCUT2D eigenvalue weighted by Gasteiger charge is -2.37. The Balaban J connectivity index is 1.39. The molecule has 0 unspecified atom stereocenters. The maximum atomic E-state index is 11.9. The largest absolute Gasteiger partial charge is 0.478 e. The van der Waals surface area contributed by atoms with Gasteiger partial charge in [0.15, 0.2) is 0 Å². The van der Waals surface area contributed by atoms with Gasteiger partial charge < -0.3 is 29.9 Å². The highest BCUT2D eigenvalue weighted by atomic mass is 16.5. The Bertz CT molecular complexity index is 2370. The molecule has 4 N–H and O–H groups in total. The number of benzene rings is 6. The fraction of sp³-hybridized carbons (Fsp3) is 0.111. The van der Waals surface area contributed by atoms with Gasteiger partial charge in [-0.1, -0.05) is 74.5 Å². The second kappa shape index (κ2) is 14.3. The van der Waals surface area contributed by atoms with Crippen molar-refractivity contribution in [2.45, 2.75) is 32.1 Å². The Morgan fingerprint density at radius 3 is 1.15 bits per heavy atom. The van der Waals surface area contributed by atoms with Crippen LogP contribution in [0.15, 0.2) is 121 Å². The molecule has 0 fully saturated rings. The summed E-state index contributed by atoms with van der Waals surface area (Å²) in [5, 5.41) is 38.3. The third-order valence-electron chi connectivity index (χ3n) is 10.1. The van der Waals surface area contributed by atoms with Crippen LogP contribution in [0.25, 0.3) is 11.1 Å². The Labute approximate surface area is 315 Å². The molecule has 0 saturated heterocycles. The number of aromatic carboxylic acids is 4. The van der Waals surface area contributed by atoms with Gasteiger partial charge in [-0.3, -0.25) is 0 Å². The molecular weight excluding hydrogens is 700 g/mol. The maximum absolute atomic E-state index is 11.9. The first-order valence-electron chi connectivity index (χ1n) is 17.5. The van der Waals surface area contributed by atoms with Crippen molar-refractivity contribution >= 4 is 23.9 Å². The van der Waals surface area contributed by atoms with Crippen LogP contribution in [0.5, 0.6) is 23.0 Å². The summed E-state index contributed by atoms with van der Waals surface area (Å²) < 4.78 is 12.3. The van der Waals surface area contributed by atoms with Gasteiger partial charge in [0.05, 0.1) is 27.7 Å². The summed E-state index contributed by atoms with van der Waals surface area (Å²) in [4.78, 5) is 47.0. The number of carbonyl (C=O) groups is 4. The molecule has 0 heterocycles. The average molecular weight is 735 g/mol. The van der Waals surface area contributed by atoms with Crippen molar-refractivity contribution in [1.82, 2.24) is 0 Å². The van der Waals surface area contributed by atoms with Crippen LogP contribution in [-0.4, -0.2) is 44.3 Å². The van der Waals surface area contributed by atoms with Crippen molar-refractivity contribution in [3.63, 3.8) is 0 Å². The number of carboxylic acids is 4. The van der Waals surface area contributed by atoms with Gasteiger partial charge in [-0.25, -0.2) is 19.2 Å². The van der Waals surface area contributed by atoms with Gasteiger partial charge in [-0.2, -0.15) is 0 Å². The minimum absolute atomic E-state index is 0.181. The molecule has 0 saturated carbocycles. The molecule has 1 aliphatic rings. The summed E-state index contributed by atoms with van der Waals surface area (Å²) >= 11 is 0. The second-order valence-corrected chi connectivity index (χ2v) is 13.0. The van der Waals surface area contributed by atoms with E-state index in [-0.39, 0.29) is 33.8 Å². The fourth-order valence-electron chi connectivity index (χ4n) is 7.72. The molecule has 10 nitrogen and oxygen atoms in total. The molecular formula is C45H34O10. The second-order valence-electron chi connectivity index (χ2n) is 13.0. The van der Waals surface area contributed by atoms with E-state index in [0.717, 1.165) is 44.5 Å². The van der Waals surface area contributed by atoms with E-state index in [0.29, 0.717) is 24.3 Å². The molecule has 0 aromatic heterocycles. The molecule has 1 aliphatic carbocycles. The minimum Gasteiger partial charge on any atom is -0.478 e. The van der Waals surface area contributed by atoms with E-state index in [4.69, 9.17) is 9.47 Å². The van der Waals surface area contributed by atoms with Gasteiger partial charge in [0.2, 0.25) is 0 Å². The highest BCUT2D eigenvalue weighted by Gasteiger charge is 2.47.